The molecule has 1 aliphatic rings. The molecule has 2 aromatic rings. The molecule has 0 spiro atoms. The first-order chi connectivity index (χ1) is 10.5. The summed E-state index contributed by atoms with van der Waals surface area (Å²) in [5, 5.41) is 10.7. The van der Waals surface area contributed by atoms with E-state index in [1.807, 2.05) is 43.3 Å². The standard InChI is InChI=1S/C20H24O2/c1-4-17(21)18-19(2,3)22-20(18,15-11-7-5-8-12-15)16-13-9-6-10-14-16/h5-14,17-18,21H,4H2,1-3H3. The minimum absolute atomic E-state index is 0.0230. The Kier molecular flexibility index (Phi) is 3.84. The SMILES string of the molecule is CCC(O)C1C(C)(C)OC1(c1ccccc1)c1ccccc1. The number of hydrogen-bond acceptors (Lipinski definition) is 2. The van der Waals surface area contributed by atoms with E-state index < -0.39 is 11.7 Å². The van der Waals surface area contributed by atoms with Gasteiger partial charge < -0.3 is 9.84 Å². The van der Waals surface area contributed by atoms with Gasteiger partial charge in [-0.25, -0.2) is 0 Å². The summed E-state index contributed by atoms with van der Waals surface area (Å²) in [6.45, 7) is 6.17. The van der Waals surface area contributed by atoms with Crippen LogP contribution in [0.5, 0.6) is 0 Å². The maximum atomic E-state index is 10.7. The van der Waals surface area contributed by atoms with Crippen LogP contribution >= 0.6 is 0 Å². The number of hydrogen-bond donors (Lipinski definition) is 1. The Morgan fingerprint density at radius 3 is 1.77 bits per heavy atom. The van der Waals surface area contributed by atoms with Gasteiger partial charge in [0.05, 0.1) is 17.6 Å². The zero-order valence-electron chi connectivity index (χ0n) is 13.5. The van der Waals surface area contributed by atoms with Crippen LogP contribution in [0.25, 0.3) is 0 Å². The lowest BCUT2D eigenvalue weighted by Gasteiger charge is -2.62. The smallest absolute Gasteiger partial charge is 0.127 e. The molecule has 1 saturated heterocycles. The van der Waals surface area contributed by atoms with E-state index in [2.05, 4.69) is 38.1 Å². The highest BCUT2D eigenvalue weighted by Gasteiger charge is 2.64. The van der Waals surface area contributed by atoms with Gasteiger partial charge in [0.15, 0.2) is 0 Å². The average molecular weight is 296 g/mol. The highest BCUT2D eigenvalue weighted by Crippen LogP contribution is 2.58. The normalized spacial score (nSPS) is 23.5. The van der Waals surface area contributed by atoms with Crippen molar-refractivity contribution in [2.75, 3.05) is 0 Å². The van der Waals surface area contributed by atoms with Gasteiger partial charge in [0.2, 0.25) is 0 Å². The van der Waals surface area contributed by atoms with Crippen molar-refractivity contribution in [3.63, 3.8) is 0 Å². The van der Waals surface area contributed by atoms with E-state index >= 15 is 0 Å². The van der Waals surface area contributed by atoms with E-state index in [0.29, 0.717) is 0 Å². The first-order valence-electron chi connectivity index (χ1n) is 8.01. The molecule has 2 aromatic carbocycles. The lowest BCUT2D eigenvalue weighted by Crippen LogP contribution is -2.67. The predicted octanol–water partition coefficient (Wildman–Crippen LogP) is 4.13. The van der Waals surface area contributed by atoms with Crippen LogP contribution in [0.3, 0.4) is 0 Å². The highest BCUT2D eigenvalue weighted by molar-refractivity contribution is 5.42. The Morgan fingerprint density at radius 2 is 1.41 bits per heavy atom. The second-order valence-corrected chi connectivity index (χ2v) is 6.63. The largest absolute Gasteiger partial charge is 0.393 e. The van der Waals surface area contributed by atoms with Crippen LogP contribution in [0.1, 0.15) is 38.3 Å². The van der Waals surface area contributed by atoms with Gasteiger partial charge in [-0.15, -0.1) is 0 Å². The molecule has 0 saturated carbocycles. The fourth-order valence-corrected chi connectivity index (χ4v) is 3.96. The Balaban J connectivity index is 2.18. The monoisotopic (exact) mass is 296 g/mol. The predicted molar refractivity (Wildman–Crippen MR) is 88.6 cm³/mol. The van der Waals surface area contributed by atoms with Crippen LogP contribution in [-0.4, -0.2) is 16.8 Å². The topological polar surface area (TPSA) is 29.5 Å². The first-order valence-corrected chi connectivity index (χ1v) is 8.01. The second-order valence-electron chi connectivity index (χ2n) is 6.63. The molecule has 1 N–H and O–H groups in total. The summed E-state index contributed by atoms with van der Waals surface area (Å²) < 4.78 is 6.46. The minimum Gasteiger partial charge on any atom is -0.393 e. The van der Waals surface area contributed by atoms with Crippen molar-refractivity contribution in [1.29, 1.82) is 0 Å². The number of benzene rings is 2. The summed E-state index contributed by atoms with van der Waals surface area (Å²) in [7, 11) is 0. The molecule has 2 heteroatoms. The number of aliphatic hydroxyl groups excluding tert-OH is 1. The van der Waals surface area contributed by atoms with Gasteiger partial charge in [0.25, 0.3) is 0 Å². The van der Waals surface area contributed by atoms with Crippen molar-refractivity contribution in [1.82, 2.24) is 0 Å². The van der Waals surface area contributed by atoms with Crippen LogP contribution < -0.4 is 0 Å². The fourth-order valence-electron chi connectivity index (χ4n) is 3.96. The van der Waals surface area contributed by atoms with Crippen molar-refractivity contribution in [2.45, 2.75) is 44.5 Å². The molecule has 2 unspecified atom stereocenters. The summed E-state index contributed by atoms with van der Waals surface area (Å²) in [6, 6.07) is 20.5. The molecule has 0 aromatic heterocycles. The summed E-state index contributed by atoms with van der Waals surface area (Å²) in [4.78, 5) is 0. The molecule has 0 radical (unpaired) electrons. The first kappa shape index (κ1) is 15.3. The molecular formula is C20H24O2. The van der Waals surface area contributed by atoms with Gasteiger partial charge in [0, 0.05) is 0 Å². The maximum Gasteiger partial charge on any atom is 0.127 e. The van der Waals surface area contributed by atoms with E-state index in [0.717, 1.165) is 17.5 Å². The van der Waals surface area contributed by atoms with Crippen molar-refractivity contribution in [2.24, 2.45) is 5.92 Å². The van der Waals surface area contributed by atoms with Crippen molar-refractivity contribution < 1.29 is 9.84 Å². The lowest BCUT2D eigenvalue weighted by molar-refractivity contribution is -0.321. The molecule has 3 rings (SSSR count). The van der Waals surface area contributed by atoms with E-state index in [1.165, 1.54) is 0 Å². The van der Waals surface area contributed by atoms with Gasteiger partial charge in [-0.05, 0) is 31.4 Å². The molecule has 1 fully saturated rings. The molecule has 2 atom stereocenters. The Morgan fingerprint density at radius 1 is 0.955 bits per heavy atom. The Labute approximate surface area is 132 Å². The molecule has 0 amide bonds. The third-order valence-electron chi connectivity index (χ3n) is 4.82. The van der Waals surface area contributed by atoms with Crippen LogP contribution in [0.2, 0.25) is 0 Å². The summed E-state index contributed by atoms with van der Waals surface area (Å²) in [5.41, 5.74) is 1.30. The highest BCUT2D eigenvalue weighted by atomic mass is 16.6. The van der Waals surface area contributed by atoms with Crippen molar-refractivity contribution in [3.8, 4) is 0 Å². The molecule has 1 aliphatic heterocycles. The fraction of sp³-hybridized carbons (Fsp3) is 0.400. The van der Waals surface area contributed by atoms with Crippen molar-refractivity contribution in [3.05, 3.63) is 71.8 Å². The zero-order chi connectivity index (χ0) is 15.8. The molecule has 22 heavy (non-hydrogen) atoms. The van der Waals surface area contributed by atoms with E-state index in [-0.39, 0.29) is 11.5 Å². The third-order valence-corrected chi connectivity index (χ3v) is 4.82. The quantitative estimate of drug-likeness (QED) is 0.919. The maximum absolute atomic E-state index is 10.7. The Hall–Kier alpha value is -1.64. The van der Waals surface area contributed by atoms with Gasteiger partial charge in [-0.3, -0.25) is 0 Å². The van der Waals surface area contributed by atoms with Crippen LogP contribution in [0.15, 0.2) is 60.7 Å². The molecule has 2 nitrogen and oxygen atoms in total. The summed E-state index contributed by atoms with van der Waals surface area (Å²) in [6.07, 6.45) is 0.322. The number of aliphatic hydroxyl groups is 1. The summed E-state index contributed by atoms with van der Waals surface area (Å²) >= 11 is 0. The van der Waals surface area contributed by atoms with E-state index in [1.54, 1.807) is 0 Å². The van der Waals surface area contributed by atoms with Crippen molar-refractivity contribution >= 4 is 0 Å². The van der Waals surface area contributed by atoms with Gasteiger partial charge in [-0.2, -0.15) is 0 Å². The lowest BCUT2D eigenvalue weighted by atomic mass is 9.61. The third kappa shape index (κ3) is 2.18. The Bertz CT molecular complexity index is 579. The van der Waals surface area contributed by atoms with Gasteiger partial charge in [0.1, 0.15) is 5.60 Å². The molecular weight excluding hydrogens is 272 g/mol. The average Bonchev–Trinajstić information content (AvgIpc) is 2.54. The number of ether oxygens (including phenoxy) is 1. The van der Waals surface area contributed by atoms with Crippen LogP contribution in [-0.2, 0) is 10.3 Å². The molecule has 116 valence electrons. The second kappa shape index (κ2) is 5.53. The molecule has 0 aliphatic carbocycles. The van der Waals surface area contributed by atoms with Crippen LogP contribution in [0.4, 0.5) is 0 Å². The van der Waals surface area contributed by atoms with Gasteiger partial charge >= 0.3 is 0 Å². The number of rotatable bonds is 4. The van der Waals surface area contributed by atoms with E-state index in [4.69, 9.17) is 4.74 Å². The minimum atomic E-state index is -0.568. The van der Waals surface area contributed by atoms with E-state index in [9.17, 15) is 5.11 Å². The van der Waals surface area contributed by atoms with Gasteiger partial charge in [-0.1, -0.05) is 67.6 Å². The van der Waals surface area contributed by atoms with Crippen LogP contribution in [0, 0.1) is 5.92 Å². The zero-order valence-corrected chi connectivity index (χ0v) is 13.5. The molecule has 1 heterocycles. The summed E-state index contributed by atoms with van der Waals surface area (Å²) in [5.74, 6) is 0.0230. The molecule has 0 bridgehead atoms.